The molecule has 5 nitrogen and oxygen atoms in total. The lowest BCUT2D eigenvalue weighted by molar-refractivity contribution is -0.149. The fourth-order valence-corrected chi connectivity index (χ4v) is 2.06. The fraction of sp³-hybridized carbons (Fsp3) is 0.357. The summed E-state index contributed by atoms with van der Waals surface area (Å²) in [6.07, 6.45) is 2.26. The number of esters is 1. The van der Waals surface area contributed by atoms with Crippen LogP contribution in [0.3, 0.4) is 0 Å². The molecule has 0 aliphatic carbocycles. The molecule has 1 heterocycles. The number of aliphatic hydroxyl groups is 1. The molecule has 7 heteroatoms. The summed E-state index contributed by atoms with van der Waals surface area (Å²) in [6.45, 7) is 0.722. The highest BCUT2D eigenvalue weighted by Gasteiger charge is 2.20. The number of hydrogen-bond donors (Lipinski definition) is 2. The average molecular weight is 298 g/mol. The largest absolute Gasteiger partial charge is 0.467 e. The lowest BCUT2D eigenvalue weighted by atomic mass is 10.2. The van der Waals surface area contributed by atoms with Crippen LogP contribution in [0.15, 0.2) is 24.3 Å². The highest BCUT2D eigenvalue weighted by Crippen LogP contribution is 2.28. The Morgan fingerprint density at radius 3 is 2.48 bits per heavy atom. The van der Waals surface area contributed by atoms with Crippen molar-refractivity contribution in [1.29, 1.82) is 0 Å². The second-order valence-corrected chi connectivity index (χ2v) is 4.58. The number of anilines is 2. The van der Waals surface area contributed by atoms with Crippen molar-refractivity contribution in [1.82, 2.24) is 0 Å². The molecule has 0 unspecified atom stereocenters. The van der Waals surface area contributed by atoms with Gasteiger partial charge in [-0.1, -0.05) is 12.2 Å². The van der Waals surface area contributed by atoms with Crippen molar-refractivity contribution >= 4 is 17.3 Å². The van der Waals surface area contributed by atoms with E-state index in [0.717, 1.165) is 19.2 Å². The first-order chi connectivity index (χ1) is 10.0. The monoisotopic (exact) mass is 298 g/mol. The number of aliphatic hydroxyl groups excluding tert-OH is 1. The van der Waals surface area contributed by atoms with Gasteiger partial charge in [-0.15, -0.1) is 0 Å². The van der Waals surface area contributed by atoms with Gasteiger partial charge in [-0.3, -0.25) is 0 Å². The van der Waals surface area contributed by atoms with E-state index in [1.54, 1.807) is 4.90 Å². The predicted molar refractivity (Wildman–Crippen MR) is 74.2 cm³/mol. The number of hydrogen-bond acceptors (Lipinski definition) is 5. The van der Waals surface area contributed by atoms with Gasteiger partial charge >= 0.3 is 5.97 Å². The molecule has 0 aromatic heterocycles. The Morgan fingerprint density at radius 1 is 1.38 bits per heavy atom. The van der Waals surface area contributed by atoms with Crippen molar-refractivity contribution in [2.75, 3.05) is 37.0 Å². The molecule has 1 aliphatic heterocycles. The van der Waals surface area contributed by atoms with Gasteiger partial charge in [0.05, 0.1) is 13.7 Å². The molecule has 0 radical (unpaired) electrons. The minimum Gasteiger partial charge on any atom is -0.467 e. The third-order valence-corrected chi connectivity index (χ3v) is 3.12. The van der Waals surface area contributed by atoms with Crippen LogP contribution in [0.4, 0.5) is 20.2 Å². The van der Waals surface area contributed by atoms with Gasteiger partial charge in [-0.2, -0.15) is 0 Å². The average Bonchev–Trinajstić information content (AvgIpc) is 2.97. The van der Waals surface area contributed by atoms with Crippen molar-refractivity contribution in [2.45, 2.75) is 6.10 Å². The number of nitrogens with one attached hydrogen (secondary N) is 1. The van der Waals surface area contributed by atoms with Crippen molar-refractivity contribution < 1.29 is 23.4 Å². The zero-order chi connectivity index (χ0) is 15.4. The first-order valence-corrected chi connectivity index (χ1v) is 6.41. The Labute approximate surface area is 120 Å². The van der Waals surface area contributed by atoms with Gasteiger partial charge in [0, 0.05) is 18.8 Å². The normalized spacial score (nSPS) is 15.1. The molecule has 0 bridgehead atoms. The number of methoxy groups -OCH3 is 1. The maximum absolute atomic E-state index is 14.0. The Kier molecular flexibility index (Phi) is 4.74. The first kappa shape index (κ1) is 15.2. The second-order valence-electron chi connectivity index (χ2n) is 4.58. The molecule has 2 rings (SSSR count). The molecule has 21 heavy (non-hydrogen) atoms. The van der Waals surface area contributed by atoms with E-state index in [1.165, 1.54) is 0 Å². The molecule has 0 spiro atoms. The molecule has 1 aromatic carbocycles. The number of halogens is 2. The molecule has 2 N–H and O–H groups in total. The SMILES string of the molecule is COC(=O)[C@H](O)CNc1cc(F)c(N2CC=CC2)c(F)c1. The first-order valence-electron chi connectivity index (χ1n) is 6.41. The van der Waals surface area contributed by atoms with Crippen molar-refractivity contribution in [3.05, 3.63) is 35.9 Å². The summed E-state index contributed by atoms with van der Waals surface area (Å²) >= 11 is 0. The van der Waals surface area contributed by atoms with Crippen LogP contribution in [0.25, 0.3) is 0 Å². The summed E-state index contributed by atoms with van der Waals surface area (Å²) < 4.78 is 32.4. The van der Waals surface area contributed by atoms with E-state index in [4.69, 9.17) is 0 Å². The molecular weight excluding hydrogens is 282 g/mol. The number of nitrogens with zero attached hydrogens (tertiary/aromatic N) is 1. The Morgan fingerprint density at radius 2 is 1.95 bits per heavy atom. The smallest absolute Gasteiger partial charge is 0.336 e. The van der Waals surface area contributed by atoms with Crippen LogP contribution in [0.2, 0.25) is 0 Å². The lowest BCUT2D eigenvalue weighted by Crippen LogP contribution is -2.29. The maximum Gasteiger partial charge on any atom is 0.336 e. The number of ether oxygens (including phenoxy) is 1. The minimum absolute atomic E-state index is 0.0842. The summed E-state index contributed by atoms with van der Waals surface area (Å²) in [4.78, 5) is 12.6. The van der Waals surface area contributed by atoms with Gasteiger partial charge in [0.2, 0.25) is 0 Å². The van der Waals surface area contributed by atoms with Crippen LogP contribution >= 0.6 is 0 Å². The van der Waals surface area contributed by atoms with E-state index in [9.17, 15) is 18.7 Å². The quantitative estimate of drug-likeness (QED) is 0.633. The van der Waals surface area contributed by atoms with Gasteiger partial charge in [0.1, 0.15) is 5.69 Å². The van der Waals surface area contributed by atoms with Crippen molar-refractivity contribution in [3.8, 4) is 0 Å². The highest BCUT2D eigenvalue weighted by atomic mass is 19.1. The number of carbonyl (C=O) groups excluding carboxylic acids is 1. The van der Waals surface area contributed by atoms with Crippen LogP contribution in [0, 0.1) is 11.6 Å². The Bertz CT molecular complexity index is 532. The summed E-state index contributed by atoms with van der Waals surface area (Å²) in [5, 5.41) is 12.0. The summed E-state index contributed by atoms with van der Waals surface area (Å²) in [5.74, 6) is -2.22. The molecule has 1 aliphatic rings. The molecule has 0 saturated heterocycles. The molecule has 0 saturated carbocycles. The van der Waals surface area contributed by atoms with Crippen LogP contribution in [0.1, 0.15) is 0 Å². The van der Waals surface area contributed by atoms with Crippen LogP contribution in [-0.2, 0) is 9.53 Å². The van der Waals surface area contributed by atoms with Gasteiger partial charge < -0.3 is 20.1 Å². The number of rotatable bonds is 5. The maximum atomic E-state index is 14.0. The highest BCUT2D eigenvalue weighted by molar-refractivity contribution is 5.75. The lowest BCUT2D eigenvalue weighted by Gasteiger charge is -2.20. The van der Waals surface area contributed by atoms with Gasteiger partial charge in [-0.05, 0) is 12.1 Å². The zero-order valence-electron chi connectivity index (χ0n) is 11.5. The van der Waals surface area contributed by atoms with E-state index in [0.29, 0.717) is 13.1 Å². The Hall–Kier alpha value is -2.15. The number of benzene rings is 1. The standard InChI is InChI=1S/C14H16F2N2O3/c1-21-14(20)12(19)8-17-9-6-10(15)13(11(16)7-9)18-4-2-3-5-18/h2-3,6-7,12,17,19H,4-5,8H2,1H3/t12-/m1/s1. The van der Waals surface area contributed by atoms with Crippen LogP contribution in [0.5, 0.6) is 0 Å². The predicted octanol–water partition coefficient (Wildman–Crippen LogP) is 1.29. The van der Waals surface area contributed by atoms with E-state index in [-0.39, 0.29) is 17.9 Å². The molecule has 0 fully saturated rings. The summed E-state index contributed by atoms with van der Waals surface area (Å²) in [5.41, 5.74) is 0.0583. The summed E-state index contributed by atoms with van der Waals surface area (Å²) in [6, 6.07) is 2.25. The minimum atomic E-state index is -1.40. The van der Waals surface area contributed by atoms with E-state index in [1.807, 2.05) is 12.2 Å². The molecular formula is C14H16F2N2O3. The molecule has 1 aromatic rings. The van der Waals surface area contributed by atoms with Crippen LogP contribution in [-0.4, -0.2) is 43.9 Å². The summed E-state index contributed by atoms with van der Waals surface area (Å²) in [7, 11) is 1.14. The third-order valence-electron chi connectivity index (χ3n) is 3.12. The van der Waals surface area contributed by atoms with Gasteiger partial charge in [-0.25, -0.2) is 13.6 Å². The van der Waals surface area contributed by atoms with Gasteiger partial charge in [0.15, 0.2) is 17.7 Å². The molecule has 1 atom stereocenters. The van der Waals surface area contributed by atoms with E-state index < -0.39 is 23.7 Å². The molecule has 114 valence electrons. The fourth-order valence-electron chi connectivity index (χ4n) is 2.06. The number of carbonyl (C=O) groups is 1. The van der Waals surface area contributed by atoms with Crippen LogP contribution < -0.4 is 10.2 Å². The van der Waals surface area contributed by atoms with Gasteiger partial charge in [0.25, 0.3) is 0 Å². The van der Waals surface area contributed by atoms with Crippen molar-refractivity contribution in [2.24, 2.45) is 0 Å². The third kappa shape index (κ3) is 3.49. The van der Waals surface area contributed by atoms with Crippen molar-refractivity contribution in [3.63, 3.8) is 0 Å². The van der Waals surface area contributed by atoms with E-state index in [2.05, 4.69) is 10.1 Å². The van der Waals surface area contributed by atoms with E-state index >= 15 is 0 Å². The second kappa shape index (κ2) is 6.53. The Balaban J connectivity index is 2.07. The molecule has 0 amide bonds. The topological polar surface area (TPSA) is 61.8 Å². The zero-order valence-corrected chi connectivity index (χ0v) is 11.5.